The number of nitrogens with two attached hydrogens (primary N) is 1. The molecule has 2 rings (SSSR count). The SMILES string of the molecule is CC(C)C1CCC(CN)(OCc2ccc(CO)cc2)CC1. The largest absolute Gasteiger partial charge is 0.392 e. The maximum Gasteiger partial charge on any atom is 0.0808 e. The predicted octanol–water partition coefficient (Wildman–Crippen LogP) is 3.24. The van der Waals surface area contributed by atoms with Gasteiger partial charge in [-0.3, -0.25) is 0 Å². The molecule has 1 aliphatic carbocycles. The number of rotatable bonds is 6. The van der Waals surface area contributed by atoms with Crippen LogP contribution < -0.4 is 5.73 Å². The van der Waals surface area contributed by atoms with Crippen LogP contribution in [0.2, 0.25) is 0 Å². The van der Waals surface area contributed by atoms with Crippen LogP contribution >= 0.6 is 0 Å². The summed E-state index contributed by atoms with van der Waals surface area (Å²) in [5.41, 5.74) is 7.95. The summed E-state index contributed by atoms with van der Waals surface area (Å²) < 4.78 is 6.22. The van der Waals surface area contributed by atoms with E-state index in [1.807, 2.05) is 24.3 Å². The Morgan fingerprint density at radius 2 is 1.76 bits per heavy atom. The Bertz CT molecular complexity index is 419. The van der Waals surface area contributed by atoms with Crippen molar-refractivity contribution in [3.63, 3.8) is 0 Å². The number of benzene rings is 1. The van der Waals surface area contributed by atoms with Gasteiger partial charge in [0.05, 0.1) is 18.8 Å². The van der Waals surface area contributed by atoms with Crippen LogP contribution in [0.4, 0.5) is 0 Å². The van der Waals surface area contributed by atoms with E-state index < -0.39 is 0 Å². The van der Waals surface area contributed by atoms with E-state index in [4.69, 9.17) is 15.6 Å². The first-order chi connectivity index (χ1) is 10.1. The standard InChI is InChI=1S/C18H29NO2/c1-14(2)17-7-9-18(13-19,10-8-17)21-12-16-5-3-15(11-20)4-6-16/h3-6,14,17,20H,7-13,19H2,1-2H3. The molecule has 1 saturated carbocycles. The Hall–Kier alpha value is -0.900. The molecule has 1 aromatic carbocycles. The molecule has 0 aliphatic heterocycles. The van der Waals surface area contributed by atoms with Gasteiger partial charge in [-0.25, -0.2) is 0 Å². The van der Waals surface area contributed by atoms with Crippen molar-refractivity contribution < 1.29 is 9.84 Å². The second-order valence-electron chi connectivity index (χ2n) is 6.73. The monoisotopic (exact) mass is 291 g/mol. The normalized spacial score (nSPS) is 26.2. The van der Waals surface area contributed by atoms with Crippen LogP contribution in [0.25, 0.3) is 0 Å². The second-order valence-corrected chi connectivity index (χ2v) is 6.73. The molecule has 0 aromatic heterocycles. The molecule has 1 fully saturated rings. The minimum atomic E-state index is -0.138. The van der Waals surface area contributed by atoms with E-state index in [1.165, 1.54) is 12.8 Å². The highest BCUT2D eigenvalue weighted by molar-refractivity contribution is 5.21. The summed E-state index contributed by atoms with van der Waals surface area (Å²) in [7, 11) is 0. The van der Waals surface area contributed by atoms with Gasteiger partial charge in [0, 0.05) is 6.54 Å². The van der Waals surface area contributed by atoms with Crippen LogP contribution in [0.3, 0.4) is 0 Å². The Labute approximate surface area is 128 Å². The first kappa shape index (κ1) is 16.5. The summed E-state index contributed by atoms with van der Waals surface area (Å²) >= 11 is 0. The lowest BCUT2D eigenvalue weighted by molar-refractivity contribution is -0.0840. The van der Waals surface area contributed by atoms with Gasteiger partial charge in [0.25, 0.3) is 0 Å². The molecule has 0 radical (unpaired) electrons. The van der Waals surface area contributed by atoms with Crippen LogP contribution in [-0.4, -0.2) is 17.3 Å². The first-order valence-corrected chi connectivity index (χ1v) is 8.11. The van der Waals surface area contributed by atoms with Crippen molar-refractivity contribution in [2.45, 2.75) is 58.3 Å². The van der Waals surface area contributed by atoms with E-state index in [2.05, 4.69) is 13.8 Å². The van der Waals surface area contributed by atoms with Gasteiger partial charge in [0.2, 0.25) is 0 Å². The summed E-state index contributed by atoms with van der Waals surface area (Å²) in [4.78, 5) is 0. The van der Waals surface area contributed by atoms with Gasteiger partial charge in [0.1, 0.15) is 0 Å². The summed E-state index contributed by atoms with van der Waals surface area (Å²) in [5, 5.41) is 9.06. The zero-order chi connectivity index (χ0) is 15.3. The van der Waals surface area contributed by atoms with Crippen LogP contribution in [-0.2, 0) is 18.0 Å². The molecular weight excluding hydrogens is 262 g/mol. The molecule has 3 heteroatoms. The summed E-state index contributed by atoms with van der Waals surface area (Å²) in [6.07, 6.45) is 4.58. The number of ether oxygens (including phenoxy) is 1. The second kappa shape index (κ2) is 7.39. The Morgan fingerprint density at radius 3 is 2.24 bits per heavy atom. The quantitative estimate of drug-likeness (QED) is 0.846. The molecule has 3 N–H and O–H groups in total. The molecule has 0 saturated heterocycles. The highest BCUT2D eigenvalue weighted by atomic mass is 16.5. The fourth-order valence-electron chi connectivity index (χ4n) is 3.22. The molecule has 118 valence electrons. The van der Waals surface area contributed by atoms with E-state index in [0.29, 0.717) is 13.2 Å². The van der Waals surface area contributed by atoms with Crippen LogP contribution in [0.15, 0.2) is 24.3 Å². The molecule has 3 nitrogen and oxygen atoms in total. The Morgan fingerprint density at radius 1 is 1.19 bits per heavy atom. The van der Waals surface area contributed by atoms with Crippen molar-refractivity contribution in [1.82, 2.24) is 0 Å². The third-order valence-electron chi connectivity index (χ3n) is 5.01. The zero-order valence-electron chi connectivity index (χ0n) is 13.3. The van der Waals surface area contributed by atoms with Gasteiger partial charge in [-0.1, -0.05) is 38.1 Å². The molecule has 1 aromatic rings. The van der Waals surface area contributed by atoms with Gasteiger partial charge >= 0.3 is 0 Å². The lowest BCUT2D eigenvalue weighted by Crippen LogP contribution is -2.44. The minimum absolute atomic E-state index is 0.0878. The maximum atomic E-state index is 9.06. The van der Waals surface area contributed by atoms with E-state index >= 15 is 0 Å². The van der Waals surface area contributed by atoms with Gasteiger partial charge < -0.3 is 15.6 Å². The zero-order valence-corrected chi connectivity index (χ0v) is 13.3. The average molecular weight is 291 g/mol. The smallest absolute Gasteiger partial charge is 0.0808 e. The predicted molar refractivity (Wildman–Crippen MR) is 85.7 cm³/mol. The summed E-state index contributed by atoms with van der Waals surface area (Å²) in [6, 6.07) is 7.94. The lowest BCUT2D eigenvalue weighted by atomic mass is 9.74. The number of aliphatic hydroxyl groups is 1. The molecule has 0 unspecified atom stereocenters. The summed E-state index contributed by atoms with van der Waals surface area (Å²) in [6.45, 7) is 5.92. The Balaban J connectivity index is 1.90. The maximum absolute atomic E-state index is 9.06. The summed E-state index contributed by atoms with van der Waals surface area (Å²) in [5.74, 6) is 1.57. The molecule has 0 atom stereocenters. The molecule has 21 heavy (non-hydrogen) atoms. The van der Waals surface area contributed by atoms with Crippen molar-refractivity contribution in [3.8, 4) is 0 Å². The molecular formula is C18H29NO2. The van der Waals surface area contributed by atoms with Crippen molar-refractivity contribution in [2.75, 3.05) is 6.54 Å². The van der Waals surface area contributed by atoms with Crippen molar-refractivity contribution in [1.29, 1.82) is 0 Å². The number of aliphatic hydroxyl groups excluding tert-OH is 1. The van der Waals surface area contributed by atoms with E-state index in [0.717, 1.165) is 35.8 Å². The van der Waals surface area contributed by atoms with Crippen LogP contribution in [0.5, 0.6) is 0 Å². The topological polar surface area (TPSA) is 55.5 Å². The molecule has 0 amide bonds. The van der Waals surface area contributed by atoms with E-state index in [1.54, 1.807) is 0 Å². The molecule has 0 heterocycles. The number of hydrogen-bond donors (Lipinski definition) is 2. The van der Waals surface area contributed by atoms with Gasteiger partial charge in [-0.15, -0.1) is 0 Å². The van der Waals surface area contributed by atoms with E-state index in [9.17, 15) is 0 Å². The van der Waals surface area contributed by atoms with Crippen LogP contribution in [0.1, 0.15) is 50.7 Å². The third-order valence-corrected chi connectivity index (χ3v) is 5.01. The number of hydrogen-bond acceptors (Lipinski definition) is 3. The lowest BCUT2D eigenvalue weighted by Gasteiger charge is -2.40. The van der Waals surface area contributed by atoms with Crippen molar-refractivity contribution in [2.24, 2.45) is 17.6 Å². The molecule has 1 aliphatic rings. The van der Waals surface area contributed by atoms with Gasteiger partial charge in [-0.2, -0.15) is 0 Å². The highest BCUT2D eigenvalue weighted by Crippen LogP contribution is 2.38. The van der Waals surface area contributed by atoms with Crippen LogP contribution in [0, 0.1) is 11.8 Å². The van der Waals surface area contributed by atoms with E-state index in [-0.39, 0.29) is 12.2 Å². The fraction of sp³-hybridized carbons (Fsp3) is 0.667. The molecule has 0 bridgehead atoms. The van der Waals surface area contributed by atoms with Gasteiger partial charge in [0.15, 0.2) is 0 Å². The van der Waals surface area contributed by atoms with Gasteiger partial charge in [-0.05, 0) is 48.6 Å². The molecule has 0 spiro atoms. The first-order valence-electron chi connectivity index (χ1n) is 8.11. The third kappa shape index (κ3) is 4.29. The average Bonchev–Trinajstić information content (AvgIpc) is 2.53. The highest BCUT2D eigenvalue weighted by Gasteiger charge is 2.35. The minimum Gasteiger partial charge on any atom is -0.392 e. The Kier molecular flexibility index (Phi) is 5.80. The van der Waals surface area contributed by atoms with Crippen molar-refractivity contribution >= 4 is 0 Å². The van der Waals surface area contributed by atoms with Crippen molar-refractivity contribution in [3.05, 3.63) is 35.4 Å². The fourth-order valence-corrected chi connectivity index (χ4v) is 3.22.